The van der Waals surface area contributed by atoms with E-state index in [2.05, 4.69) is 15.6 Å². The van der Waals surface area contributed by atoms with Gasteiger partial charge < -0.3 is 10.6 Å². The van der Waals surface area contributed by atoms with Gasteiger partial charge in [-0.2, -0.15) is 0 Å². The summed E-state index contributed by atoms with van der Waals surface area (Å²) in [4.78, 5) is 29.1. The Morgan fingerprint density at radius 1 is 1.04 bits per heavy atom. The topological polar surface area (TPSA) is 71.1 Å². The third-order valence-electron chi connectivity index (χ3n) is 5.15. The van der Waals surface area contributed by atoms with Crippen LogP contribution in [-0.2, 0) is 6.54 Å². The summed E-state index contributed by atoms with van der Waals surface area (Å²) in [6, 6.07) is 11.4. The summed E-state index contributed by atoms with van der Waals surface area (Å²) in [6.45, 7) is 2.45. The molecule has 142 valence electrons. The number of amides is 2. The van der Waals surface area contributed by atoms with E-state index in [1.807, 2.05) is 31.2 Å². The van der Waals surface area contributed by atoms with Gasteiger partial charge in [0.25, 0.3) is 11.8 Å². The highest BCUT2D eigenvalue weighted by Crippen LogP contribution is 2.17. The molecule has 0 saturated heterocycles. The van der Waals surface area contributed by atoms with Gasteiger partial charge in [-0.25, -0.2) is 0 Å². The summed E-state index contributed by atoms with van der Waals surface area (Å²) in [5.74, 6) is -0.403. The van der Waals surface area contributed by atoms with E-state index in [-0.39, 0.29) is 23.6 Å². The van der Waals surface area contributed by atoms with Gasteiger partial charge in [-0.15, -0.1) is 0 Å². The standard InChI is InChI=1S/C22H27N3O2/c1-16-8-6-7-9-18(16)15-24-22(27)20-14-17(12-13-23-20)21(26)25-19-10-4-2-3-5-11-19/h6-9,12-14,19H,2-5,10-11,15H2,1H3,(H,24,27)(H,25,26). The molecule has 1 saturated carbocycles. The van der Waals surface area contributed by atoms with Gasteiger partial charge in [0.05, 0.1) is 0 Å². The molecule has 5 heteroatoms. The maximum Gasteiger partial charge on any atom is 0.270 e. The Balaban J connectivity index is 1.61. The quantitative estimate of drug-likeness (QED) is 0.792. The number of pyridine rings is 1. The number of benzene rings is 1. The first kappa shape index (κ1) is 19.1. The molecule has 0 aliphatic heterocycles. The van der Waals surface area contributed by atoms with E-state index in [0.717, 1.165) is 36.8 Å². The molecule has 1 aliphatic carbocycles. The lowest BCUT2D eigenvalue weighted by Gasteiger charge is -2.16. The summed E-state index contributed by atoms with van der Waals surface area (Å²) in [7, 11) is 0. The molecule has 1 fully saturated rings. The van der Waals surface area contributed by atoms with Gasteiger partial charge in [0.2, 0.25) is 0 Å². The lowest BCUT2D eigenvalue weighted by Crippen LogP contribution is -2.34. The van der Waals surface area contributed by atoms with Crippen LogP contribution in [-0.4, -0.2) is 22.8 Å². The van der Waals surface area contributed by atoms with E-state index in [0.29, 0.717) is 12.1 Å². The Labute approximate surface area is 160 Å². The van der Waals surface area contributed by atoms with Gasteiger partial charge in [-0.05, 0) is 43.0 Å². The van der Waals surface area contributed by atoms with Crippen molar-refractivity contribution in [2.75, 3.05) is 0 Å². The molecule has 0 unspecified atom stereocenters. The number of carbonyl (C=O) groups is 2. The van der Waals surface area contributed by atoms with Crippen molar-refractivity contribution in [3.8, 4) is 0 Å². The molecule has 2 aromatic rings. The zero-order valence-electron chi connectivity index (χ0n) is 15.8. The fourth-order valence-corrected chi connectivity index (χ4v) is 3.46. The molecule has 1 aromatic carbocycles. The van der Waals surface area contributed by atoms with Crippen LogP contribution in [0.2, 0.25) is 0 Å². The van der Waals surface area contributed by atoms with Crippen LogP contribution in [0.15, 0.2) is 42.6 Å². The number of nitrogens with zero attached hydrogens (tertiary/aromatic N) is 1. The number of aryl methyl sites for hydroxylation is 1. The number of nitrogens with one attached hydrogen (secondary N) is 2. The lowest BCUT2D eigenvalue weighted by molar-refractivity contribution is 0.0933. The maximum absolute atomic E-state index is 12.6. The Morgan fingerprint density at radius 2 is 1.78 bits per heavy atom. The van der Waals surface area contributed by atoms with Crippen LogP contribution >= 0.6 is 0 Å². The van der Waals surface area contributed by atoms with Crippen LogP contribution in [0, 0.1) is 6.92 Å². The molecule has 27 heavy (non-hydrogen) atoms. The fraction of sp³-hybridized carbons (Fsp3) is 0.409. The van der Waals surface area contributed by atoms with Crippen LogP contribution in [0.5, 0.6) is 0 Å². The van der Waals surface area contributed by atoms with Crippen molar-refractivity contribution in [3.63, 3.8) is 0 Å². The van der Waals surface area contributed by atoms with Gasteiger partial charge in [0.1, 0.15) is 5.69 Å². The number of aromatic nitrogens is 1. The SMILES string of the molecule is Cc1ccccc1CNC(=O)c1cc(C(=O)NC2CCCCCC2)ccn1. The number of hydrogen-bond acceptors (Lipinski definition) is 3. The molecular formula is C22H27N3O2. The van der Waals surface area contributed by atoms with Gasteiger partial charge >= 0.3 is 0 Å². The molecule has 1 aliphatic rings. The number of carbonyl (C=O) groups excluding carboxylic acids is 2. The van der Waals surface area contributed by atoms with E-state index in [1.165, 1.54) is 19.0 Å². The molecule has 1 aromatic heterocycles. The van der Waals surface area contributed by atoms with Crippen molar-refractivity contribution in [1.82, 2.24) is 15.6 Å². The van der Waals surface area contributed by atoms with Gasteiger partial charge in [-0.1, -0.05) is 49.9 Å². The van der Waals surface area contributed by atoms with Crippen molar-refractivity contribution in [2.24, 2.45) is 0 Å². The van der Waals surface area contributed by atoms with E-state index in [4.69, 9.17) is 0 Å². The van der Waals surface area contributed by atoms with Crippen LogP contribution in [0.1, 0.15) is 70.5 Å². The third-order valence-corrected chi connectivity index (χ3v) is 5.15. The molecular weight excluding hydrogens is 338 g/mol. The van der Waals surface area contributed by atoms with Crippen molar-refractivity contribution in [2.45, 2.75) is 58.0 Å². The molecule has 2 N–H and O–H groups in total. The number of rotatable bonds is 5. The van der Waals surface area contributed by atoms with Crippen LogP contribution in [0.25, 0.3) is 0 Å². The highest BCUT2D eigenvalue weighted by Gasteiger charge is 2.17. The third kappa shape index (κ3) is 5.39. The molecule has 1 heterocycles. The monoisotopic (exact) mass is 365 g/mol. The summed E-state index contributed by atoms with van der Waals surface area (Å²) >= 11 is 0. The van der Waals surface area contributed by atoms with Gasteiger partial charge in [0.15, 0.2) is 0 Å². The molecule has 2 amide bonds. The second kappa shape index (κ2) is 9.31. The minimum Gasteiger partial charge on any atom is -0.349 e. The van der Waals surface area contributed by atoms with E-state index in [1.54, 1.807) is 12.1 Å². The normalized spacial score (nSPS) is 15.0. The average molecular weight is 365 g/mol. The minimum atomic E-state index is -0.276. The zero-order chi connectivity index (χ0) is 19.1. The Morgan fingerprint density at radius 3 is 2.52 bits per heavy atom. The van der Waals surface area contributed by atoms with Crippen molar-refractivity contribution >= 4 is 11.8 Å². The summed E-state index contributed by atoms with van der Waals surface area (Å²) in [5.41, 5.74) is 2.93. The second-order valence-electron chi connectivity index (χ2n) is 7.20. The van der Waals surface area contributed by atoms with Crippen molar-refractivity contribution in [1.29, 1.82) is 0 Å². The van der Waals surface area contributed by atoms with Crippen molar-refractivity contribution < 1.29 is 9.59 Å². The molecule has 0 spiro atoms. The van der Waals surface area contributed by atoms with Crippen LogP contribution in [0.3, 0.4) is 0 Å². The summed E-state index contributed by atoms with van der Waals surface area (Å²) in [5, 5.41) is 5.99. The fourth-order valence-electron chi connectivity index (χ4n) is 3.46. The number of hydrogen-bond donors (Lipinski definition) is 2. The molecule has 0 radical (unpaired) electrons. The smallest absolute Gasteiger partial charge is 0.270 e. The average Bonchev–Trinajstić information content (AvgIpc) is 2.96. The Kier molecular flexibility index (Phi) is 6.58. The second-order valence-corrected chi connectivity index (χ2v) is 7.20. The van der Waals surface area contributed by atoms with Crippen LogP contribution < -0.4 is 10.6 Å². The van der Waals surface area contributed by atoms with E-state index >= 15 is 0 Å². The first-order chi connectivity index (χ1) is 13.1. The highest BCUT2D eigenvalue weighted by atomic mass is 16.2. The van der Waals surface area contributed by atoms with E-state index < -0.39 is 0 Å². The molecule has 3 rings (SSSR count). The molecule has 0 bridgehead atoms. The molecule has 5 nitrogen and oxygen atoms in total. The van der Waals surface area contributed by atoms with Gasteiger partial charge in [-0.3, -0.25) is 14.6 Å². The van der Waals surface area contributed by atoms with Crippen LogP contribution in [0.4, 0.5) is 0 Å². The maximum atomic E-state index is 12.6. The minimum absolute atomic E-state index is 0.128. The first-order valence-electron chi connectivity index (χ1n) is 9.73. The van der Waals surface area contributed by atoms with Gasteiger partial charge in [0, 0.05) is 24.3 Å². The van der Waals surface area contributed by atoms with Crippen molar-refractivity contribution in [3.05, 3.63) is 65.0 Å². The lowest BCUT2D eigenvalue weighted by atomic mass is 10.1. The highest BCUT2D eigenvalue weighted by molar-refractivity contribution is 5.98. The summed E-state index contributed by atoms with van der Waals surface area (Å²) in [6.07, 6.45) is 8.38. The van der Waals surface area contributed by atoms with E-state index in [9.17, 15) is 9.59 Å². The predicted molar refractivity (Wildman–Crippen MR) is 106 cm³/mol. The Bertz CT molecular complexity index is 796. The molecule has 0 atom stereocenters. The Hall–Kier alpha value is -2.69. The predicted octanol–water partition coefficient (Wildman–Crippen LogP) is 3.77. The first-order valence-corrected chi connectivity index (χ1v) is 9.73. The largest absolute Gasteiger partial charge is 0.349 e. The zero-order valence-corrected chi connectivity index (χ0v) is 15.8. The summed E-state index contributed by atoms with van der Waals surface area (Å²) < 4.78 is 0.